The summed E-state index contributed by atoms with van der Waals surface area (Å²) in [4.78, 5) is 15.9. The SMILES string of the molecule is COc1ccc(/C=C\C(=O)NCc2n[nH]c(C)n2)cc1OC. The Morgan fingerprint density at radius 3 is 2.73 bits per heavy atom. The average Bonchev–Trinajstić information content (AvgIpc) is 2.96. The van der Waals surface area contributed by atoms with Crippen molar-refractivity contribution in [3.8, 4) is 11.5 Å². The molecule has 0 fully saturated rings. The second kappa shape index (κ2) is 7.26. The third-order valence-electron chi connectivity index (χ3n) is 2.90. The number of ether oxygens (including phenoxy) is 2. The van der Waals surface area contributed by atoms with E-state index in [-0.39, 0.29) is 12.5 Å². The molecule has 0 spiro atoms. The standard InChI is InChI=1S/C15H18N4O3/c1-10-17-14(19-18-10)9-16-15(20)7-5-11-4-6-12(21-2)13(8-11)22-3/h4-8H,9H2,1-3H3,(H,16,20)(H,17,18,19)/b7-5-. The zero-order valence-corrected chi connectivity index (χ0v) is 12.7. The normalized spacial score (nSPS) is 10.7. The molecule has 1 aromatic carbocycles. The minimum Gasteiger partial charge on any atom is -0.493 e. The number of rotatable bonds is 6. The van der Waals surface area contributed by atoms with Crippen LogP contribution in [0, 0.1) is 6.92 Å². The molecule has 2 aromatic rings. The van der Waals surface area contributed by atoms with Crippen LogP contribution in [0.2, 0.25) is 0 Å². The summed E-state index contributed by atoms with van der Waals surface area (Å²) in [6, 6.07) is 5.41. The van der Waals surface area contributed by atoms with Gasteiger partial charge < -0.3 is 14.8 Å². The Morgan fingerprint density at radius 1 is 1.32 bits per heavy atom. The van der Waals surface area contributed by atoms with Crippen molar-refractivity contribution in [3.05, 3.63) is 41.5 Å². The van der Waals surface area contributed by atoms with Crippen LogP contribution in [0.1, 0.15) is 17.2 Å². The van der Waals surface area contributed by atoms with Gasteiger partial charge in [-0.3, -0.25) is 9.89 Å². The molecule has 7 heteroatoms. The van der Waals surface area contributed by atoms with Crippen LogP contribution in [0.4, 0.5) is 0 Å². The zero-order valence-electron chi connectivity index (χ0n) is 12.7. The van der Waals surface area contributed by atoms with Crippen LogP contribution in [0.25, 0.3) is 6.08 Å². The lowest BCUT2D eigenvalue weighted by Gasteiger charge is -2.07. The molecule has 0 atom stereocenters. The van der Waals surface area contributed by atoms with Crippen LogP contribution in [0.3, 0.4) is 0 Å². The molecule has 1 aromatic heterocycles. The third kappa shape index (κ3) is 4.08. The average molecular weight is 302 g/mol. The van der Waals surface area contributed by atoms with E-state index in [1.807, 2.05) is 6.07 Å². The summed E-state index contributed by atoms with van der Waals surface area (Å²) in [5.74, 6) is 2.29. The number of aryl methyl sites for hydroxylation is 1. The minimum atomic E-state index is -0.225. The van der Waals surface area contributed by atoms with Crippen LogP contribution >= 0.6 is 0 Å². The second-order valence-corrected chi connectivity index (χ2v) is 4.50. The topological polar surface area (TPSA) is 89.1 Å². The molecule has 116 valence electrons. The number of nitrogens with one attached hydrogen (secondary N) is 2. The van der Waals surface area contributed by atoms with Crippen LogP contribution in [0.5, 0.6) is 11.5 Å². The van der Waals surface area contributed by atoms with Gasteiger partial charge >= 0.3 is 0 Å². The van der Waals surface area contributed by atoms with Crippen molar-refractivity contribution in [1.82, 2.24) is 20.5 Å². The second-order valence-electron chi connectivity index (χ2n) is 4.50. The summed E-state index contributed by atoms with van der Waals surface area (Å²) < 4.78 is 10.4. The summed E-state index contributed by atoms with van der Waals surface area (Å²) in [5, 5.41) is 9.37. The molecule has 1 heterocycles. The number of methoxy groups -OCH3 is 2. The van der Waals surface area contributed by atoms with E-state index in [0.717, 1.165) is 5.56 Å². The van der Waals surface area contributed by atoms with Crippen molar-refractivity contribution in [3.63, 3.8) is 0 Å². The maximum absolute atomic E-state index is 11.8. The van der Waals surface area contributed by atoms with Crippen LogP contribution < -0.4 is 14.8 Å². The molecule has 0 saturated carbocycles. The van der Waals surface area contributed by atoms with Gasteiger partial charge in [0.25, 0.3) is 0 Å². The van der Waals surface area contributed by atoms with Crippen LogP contribution in [0.15, 0.2) is 24.3 Å². The Hall–Kier alpha value is -2.83. The summed E-state index contributed by atoms with van der Waals surface area (Å²) in [6.45, 7) is 2.08. The van der Waals surface area contributed by atoms with Gasteiger partial charge in [-0.1, -0.05) is 6.07 Å². The maximum Gasteiger partial charge on any atom is 0.244 e. The number of aromatic amines is 1. The van der Waals surface area contributed by atoms with Gasteiger partial charge in [0.15, 0.2) is 17.3 Å². The Labute approximate surface area is 128 Å². The number of hydrogen-bond acceptors (Lipinski definition) is 5. The first-order chi connectivity index (χ1) is 10.6. The summed E-state index contributed by atoms with van der Waals surface area (Å²) in [7, 11) is 3.14. The molecule has 2 rings (SSSR count). The minimum absolute atomic E-state index is 0.225. The molecule has 0 aliphatic carbocycles. The van der Waals surface area contributed by atoms with E-state index in [9.17, 15) is 4.79 Å². The van der Waals surface area contributed by atoms with E-state index in [0.29, 0.717) is 23.1 Å². The van der Waals surface area contributed by atoms with Gasteiger partial charge in [-0.15, -0.1) is 0 Å². The molecule has 0 radical (unpaired) electrons. The zero-order chi connectivity index (χ0) is 15.9. The Morgan fingerprint density at radius 2 is 2.09 bits per heavy atom. The largest absolute Gasteiger partial charge is 0.493 e. The number of hydrogen-bond donors (Lipinski definition) is 2. The number of nitrogens with zero attached hydrogens (tertiary/aromatic N) is 2. The van der Waals surface area contributed by atoms with Crippen molar-refractivity contribution in [2.75, 3.05) is 14.2 Å². The third-order valence-corrected chi connectivity index (χ3v) is 2.90. The molecule has 7 nitrogen and oxygen atoms in total. The maximum atomic E-state index is 11.8. The Bertz CT molecular complexity index is 679. The van der Waals surface area contributed by atoms with Gasteiger partial charge in [-0.2, -0.15) is 5.10 Å². The molecule has 0 saturated heterocycles. The van der Waals surface area contributed by atoms with E-state index >= 15 is 0 Å². The lowest BCUT2D eigenvalue weighted by Crippen LogP contribution is -2.20. The first kappa shape index (κ1) is 15.6. The number of carbonyl (C=O) groups is 1. The first-order valence-electron chi connectivity index (χ1n) is 6.68. The van der Waals surface area contributed by atoms with E-state index in [4.69, 9.17) is 9.47 Å². The lowest BCUT2D eigenvalue weighted by atomic mass is 10.2. The van der Waals surface area contributed by atoms with E-state index < -0.39 is 0 Å². The molecular weight excluding hydrogens is 284 g/mol. The fourth-order valence-electron chi connectivity index (χ4n) is 1.82. The molecule has 22 heavy (non-hydrogen) atoms. The highest BCUT2D eigenvalue weighted by molar-refractivity contribution is 5.91. The molecule has 1 amide bonds. The monoisotopic (exact) mass is 302 g/mol. The van der Waals surface area contributed by atoms with Gasteiger partial charge in [0.1, 0.15) is 5.82 Å². The molecular formula is C15H18N4O3. The van der Waals surface area contributed by atoms with E-state index in [2.05, 4.69) is 20.5 Å². The number of carbonyl (C=O) groups excluding carboxylic acids is 1. The highest BCUT2D eigenvalue weighted by Crippen LogP contribution is 2.27. The van der Waals surface area contributed by atoms with Crippen molar-refractivity contribution >= 4 is 12.0 Å². The quantitative estimate of drug-likeness (QED) is 0.789. The molecule has 0 aliphatic rings. The lowest BCUT2D eigenvalue weighted by molar-refractivity contribution is -0.116. The predicted molar refractivity (Wildman–Crippen MR) is 81.5 cm³/mol. The highest BCUT2D eigenvalue weighted by atomic mass is 16.5. The van der Waals surface area contributed by atoms with Gasteiger partial charge in [-0.05, 0) is 30.7 Å². The fourth-order valence-corrected chi connectivity index (χ4v) is 1.82. The van der Waals surface area contributed by atoms with Crippen LogP contribution in [-0.4, -0.2) is 35.3 Å². The number of benzene rings is 1. The summed E-state index contributed by atoms with van der Waals surface area (Å²) in [5.41, 5.74) is 0.835. The van der Waals surface area contributed by atoms with Crippen molar-refractivity contribution in [2.45, 2.75) is 13.5 Å². The van der Waals surface area contributed by atoms with E-state index in [1.54, 1.807) is 39.4 Å². The fraction of sp³-hybridized carbons (Fsp3) is 0.267. The molecule has 2 N–H and O–H groups in total. The predicted octanol–water partition coefficient (Wildman–Crippen LogP) is 1.46. The number of amides is 1. The summed E-state index contributed by atoms with van der Waals surface area (Å²) in [6.07, 6.45) is 3.14. The van der Waals surface area contributed by atoms with Crippen molar-refractivity contribution < 1.29 is 14.3 Å². The number of H-pyrrole nitrogens is 1. The molecule has 0 bridgehead atoms. The van der Waals surface area contributed by atoms with Gasteiger partial charge in [0.2, 0.25) is 5.91 Å². The summed E-state index contributed by atoms with van der Waals surface area (Å²) >= 11 is 0. The van der Waals surface area contributed by atoms with Gasteiger partial charge in [-0.25, -0.2) is 4.98 Å². The van der Waals surface area contributed by atoms with Crippen molar-refractivity contribution in [2.24, 2.45) is 0 Å². The Kier molecular flexibility index (Phi) is 5.13. The van der Waals surface area contributed by atoms with Crippen LogP contribution in [-0.2, 0) is 11.3 Å². The number of aromatic nitrogens is 3. The molecule has 0 aliphatic heterocycles. The van der Waals surface area contributed by atoms with E-state index in [1.165, 1.54) is 6.08 Å². The van der Waals surface area contributed by atoms with Gasteiger partial charge in [0, 0.05) is 6.08 Å². The highest BCUT2D eigenvalue weighted by Gasteiger charge is 2.04. The van der Waals surface area contributed by atoms with Gasteiger partial charge in [0.05, 0.1) is 20.8 Å². The van der Waals surface area contributed by atoms with Crippen molar-refractivity contribution in [1.29, 1.82) is 0 Å². The Balaban J connectivity index is 1.94. The smallest absolute Gasteiger partial charge is 0.244 e. The molecule has 0 unspecified atom stereocenters. The first-order valence-corrected chi connectivity index (χ1v) is 6.68.